The molecule has 120 valence electrons. The van der Waals surface area contributed by atoms with E-state index in [1.165, 1.54) is 4.88 Å². The average Bonchev–Trinajstić information content (AvgIpc) is 3.18. The maximum Gasteiger partial charge on any atom is 0.213 e. The van der Waals surface area contributed by atoms with Gasteiger partial charge in [0.2, 0.25) is 10.0 Å². The Balaban J connectivity index is 1.57. The van der Waals surface area contributed by atoms with Crippen LogP contribution >= 0.6 is 22.7 Å². The molecule has 0 aromatic carbocycles. The van der Waals surface area contributed by atoms with Crippen molar-refractivity contribution in [1.82, 2.24) is 14.2 Å². The fourth-order valence-electron chi connectivity index (χ4n) is 2.46. The van der Waals surface area contributed by atoms with Crippen molar-refractivity contribution in [3.8, 4) is 10.6 Å². The first-order chi connectivity index (χ1) is 10.6. The van der Waals surface area contributed by atoms with E-state index in [1.807, 2.05) is 6.07 Å². The normalized spacial score (nSPS) is 17.9. The van der Waals surface area contributed by atoms with Crippen molar-refractivity contribution in [1.29, 1.82) is 0 Å². The van der Waals surface area contributed by atoms with Crippen LogP contribution in [0.25, 0.3) is 10.6 Å². The molecule has 0 saturated carbocycles. The van der Waals surface area contributed by atoms with Gasteiger partial charge in [0.1, 0.15) is 5.01 Å². The topological polar surface area (TPSA) is 53.5 Å². The fourth-order valence-corrected chi connectivity index (χ4v) is 5.14. The van der Waals surface area contributed by atoms with E-state index < -0.39 is 10.0 Å². The molecule has 3 heterocycles. The Morgan fingerprint density at radius 1 is 1.23 bits per heavy atom. The molecule has 8 heteroatoms. The highest BCUT2D eigenvalue weighted by atomic mass is 32.2. The third-order valence-corrected chi connectivity index (χ3v) is 7.38. The molecule has 1 aliphatic heterocycles. The van der Waals surface area contributed by atoms with E-state index in [2.05, 4.69) is 26.7 Å². The standard InChI is InChI=1S/C14H19N3O2S3/c1-2-22(18,19)17-7-5-16(6-8-17)10-14-15-12(11-21-14)13-4-3-9-20-13/h3-4,9,11H,2,5-8,10H2,1H3. The molecular weight excluding hydrogens is 338 g/mol. The van der Waals surface area contributed by atoms with Gasteiger partial charge in [0.05, 0.1) is 22.9 Å². The molecule has 0 radical (unpaired) electrons. The highest BCUT2D eigenvalue weighted by molar-refractivity contribution is 7.89. The Morgan fingerprint density at radius 3 is 2.64 bits per heavy atom. The maximum absolute atomic E-state index is 11.9. The zero-order chi connectivity index (χ0) is 15.6. The maximum atomic E-state index is 11.9. The Morgan fingerprint density at radius 2 is 2.00 bits per heavy atom. The molecule has 0 atom stereocenters. The summed E-state index contributed by atoms with van der Waals surface area (Å²) in [6, 6.07) is 4.12. The fraction of sp³-hybridized carbons (Fsp3) is 0.500. The van der Waals surface area contributed by atoms with Crippen molar-refractivity contribution < 1.29 is 8.42 Å². The van der Waals surface area contributed by atoms with Crippen molar-refractivity contribution in [3.63, 3.8) is 0 Å². The molecule has 1 saturated heterocycles. The van der Waals surface area contributed by atoms with Crippen molar-refractivity contribution in [2.24, 2.45) is 0 Å². The van der Waals surface area contributed by atoms with Crippen LogP contribution in [-0.2, 0) is 16.6 Å². The number of aromatic nitrogens is 1. The van der Waals surface area contributed by atoms with Gasteiger partial charge in [-0.2, -0.15) is 4.31 Å². The molecule has 22 heavy (non-hydrogen) atoms. The smallest absolute Gasteiger partial charge is 0.213 e. The summed E-state index contributed by atoms with van der Waals surface area (Å²) >= 11 is 3.37. The van der Waals surface area contributed by atoms with Crippen LogP contribution < -0.4 is 0 Å². The van der Waals surface area contributed by atoms with Gasteiger partial charge in [0.15, 0.2) is 0 Å². The van der Waals surface area contributed by atoms with E-state index in [1.54, 1.807) is 33.9 Å². The number of thiazole rings is 1. The van der Waals surface area contributed by atoms with Gasteiger partial charge in [-0.15, -0.1) is 22.7 Å². The molecule has 2 aromatic rings. The molecule has 5 nitrogen and oxygen atoms in total. The predicted molar refractivity (Wildman–Crippen MR) is 91.7 cm³/mol. The van der Waals surface area contributed by atoms with Crippen LogP contribution in [-0.4, -0.2) is 54.5 Å². The predicted octanol–water partition coefficient (Wildman–Crippen LogP) is 2.34. The van der Waals surface area contributed by atoms with Gasteiger partial charge in [-0.05, 0) is 18.4 Å². The number of sulfonamides is 1. The third-order valence-electron chi connectivity index (χ3n) is 3.77. The van der Waals surface area contributed by atoms with E-state index in [4.69, 9.17) is 0 Å². The van der Waals surface area contributed by atoms with Crippen molar-refractivity contribution in [3.05, 3.63) is 27.9 Å². The van der Waals surface area contributed by atoms with Crippen molar-refractivity contribution >= 4 is 32.7 Å². The molecule has 0 N–H and O–H groups in total. The summed E-state index contributed by atoms with van der Waals surface area (Å²) in [5.74, 6) is 0.184. The van der Waals surface area contributed by atoms with Gasteiger partial charge in [-0.1, -0.05) is 6.07 Å². The monoisotopic (exact) mass is 357 g/mol. The molecule has 1 fully saturated rings. The van der Waals surface area contributed by atoms with Gasteiger partial charge in [0.25, 0.3) is 0 Å². The summed E-state index contributed by atoms with van der Waals surface area (Å²) in [7, 11) is -3.05. The van der Waals surface area contributed by atoms with Gasteiger partial charge >= 0.3 is 0 Å². The van der Waals surface area contributed by atoms with Crippen molar-refractivity contribution in [2.45, 2.75) is 13.5 Å². The first kappa shape index (κ1) is 16.1. The lowest BCUT2D eigenvalue weighted by Gasteiger charge is -2.33. The largest absolute Gasteiger partial charge is 0.294 e. The van der Waals surface area contributed by atoms with Gasteiger partial charge in [-0.3, -0.25) is 4.90 Å². The van der Waals surface area contributed by atoms with Crippen LogP contribution in [0.15, 0.2) is 22.9 Å². The van der Waals surface area contributed by atoms with Crippen LogP contribution in [0.3, 0.4) is 0 Å². The Labute approximate surface area is 139 Å². The molecule has 0 amide bonds. The molecule has 2 aromatic heterocycles. The lowest BCUT2D eigenvalue weighted by molar-refractivity contribution is 0.181. The summed E-state index contributed by atoms with van der Waals surface area (Å²) in [6.07, 6.45) is 0. The molecule has 3 rings (SSSR count). The number of thiophene rings is 1. The van der Waals surface area contributed by atoms with E-state index >= 15 is 0 Å². The molecule has 0 aliphatic carbocycles. The lowest BCUT2D eigenvalue weighted by Crippen LogP contribution is -2.48. The second-order valence-electron chi connectivity index (χ2n) is 5.18. The summed E-state index contributed by atoms with van der Waals surface area (Å²) < 4.78 is 25.3. The third kappa shape index (κ3) is 3.57. The first-order valence-corrected chi connectivity index (χ1v) is 10.6. The van der Waals surface area contributed by atoms with Gasteiger partial charge in [-0.25, -0.2) is 13.4 Å². The van der Waals surface area contributed by atoms with Crippen LogP contribution in [0.1, 0.15) is 11.9 Å². The zero-order valence-electron chi connectivity index (χ0n) is 12.4. The van der Waals surface area contributed by atoms with Crippen LogP contribution in [0.5, 0.6) is 0 Å². The summed E-state index contributed by atoms with van der Waals surface area (Å²) in [5, 5.41) is 5.25. The number of hydrogen-bond donors (Lipinski definition) is 0. The van der Waals surface area contributed by atoms with Crippen LogP contribution in [0.2, 0.25) is 0 Å². The second kappa shape index (κ2) is 6.76. The van der Waals surface area contributed by atoms with E-state index in [-0.39, 0.29) is 5.75 Å². The number of nitrogens with zero attached hydrogens (tertiary/aromatic N) is 3. The Bertz CT molecular complexity index is 702. The SMILES string of the molecule is CCS(=O)(=O)N1CCN(Cc2nc(-c3cccs3)cs2)CC1. The van der Waals surface area contributed by atoms with Crippen LogP contribution in [0, 0.1) is 0 Å². The van der Waals surface area contributed by atoms with Gasteiger partial charge in [0, 0.05) is 31.6 Å². The number of rotatable bonds is 5. The Hall–Kier alpha value is -0.800. The van der Waals surface area contributed by atoms with Gasteiger partial charge < -0.3 is 0 Å². The Kier molecular flexibility index (Phi) is 4.94. The minimum Gasteiger partial charge on any atom is -0.294 e. The highest BCUT2D eigenvalue weighted by Gasteiger charge is 2.25. The quantitative estimate of drug-likeness (QED) is 0.824. The highest BCUT2D eigenvalue weighted by Crippen LogP contribution is 2.26. The van der Waals surface area contributed by atoms with Crippen LogP contribution in [0.4, 0.5) is 0 Å². The summed E-state index contributed by atoms with van der Waals surface area (Å²) in [4.78, 5) is 8.16. The van der Waals surface area contributed by atoms with Crippen molar-refractivity contribution in [2.75, 3.05) is 31.9 Å². The lowest BCUT2D eigenvalue weighted by atomic mass is 10.3. The first-order valence-electron chi connectivity index (χ1n) is 7.27. The summed E-state index contributed by atoms with van der Waals surface area (Å²) in [6.45, 7) is 5.21. The number of piperazine rings is 1. The molecule has 0 spiro atoms. The average molecular weight is 358 g/mol. The minimum atomic E-state index is -3.05. The molecular formula is C14H19N3O2S3. The van der Waals surface area contributed by atoms with E-state index in [9.17, 15) is 8.42 Å². The second-order valence-corrected chi connectivity index (χ2v) is 9.33. The molecule has 0 bridgehead atoms. The summed E-state index contributed by atoms with van der Waals surface area (Å²) in [5.41, 5.74) is 1.04. The number of hydrogen-bond acceptors (Lipinski definition) is 6. The molecule has 0 unspecified atom stereocenters. The van der Waals surface area contributed by atoms with E-state index in [0.29, 0.717) is 13.1 Å². The van der Waals surface area contributed by atoms with E-state index in [0.717, 1.165) is 30.3 Å². The zero-order valence-corrected chi connectivity index (χ0v) is 14.9. The minimum absolute atomic E-state index is 0.184. The molecule has 1 aliphatic rings.